The molecule has 0 aliphatic carbocycles. The van der Waals surface area contributed by atoms with Crippen LogP contribution in [0.4, 0.5) is 0 Å². The number of likely N-dealkylation sites (tertiary alicyclic amines) is 1. The Labute approximate surface area is 206 Å². The molecule has 2 aromatic rings. The second kappa shape index (κ2) is 12.0. The average molecular weight is 479 g/mol. The van der Waals surface area contributed by atoms with Crippen LogP contribution in [-0.4, -0.2) is 72.6 Å². The van der Waals surface area contributed by atoms with Crippen LogP contribution >= 0.6 is 0 Å². The Morgan fingerprint density at radius 1 is 1.03 bits per heavy atom. The Balaban J connectivity index is 1.67. The summed E-state index contributed by atoms with van der Waals surface area (Å²) in [6.07, 6.45) is 3.17. The highest BCUT2D eigenvalue weighted by atomic mass is 16.5. The molecule has 7 nitrogen and oxygen atoms in total. The number of hydrogen-bond donors (Lipinski definition) is 1. The van der Waals surface area contributed by atoms with E-state index < -0.39 is 17.7 Å². The van der Waals surface area contributed by atoms with Crippen LogP contribution in [0.15, 0.2) is 60.2 Å². The molecular formula is C28H34N2O5. The Bertz CT molecular complexity index is 1050. The van der Waals surface area contributed by atoms with Gasteiger partial charge in [0.2, 0.25) is 0 Å². The van der Waals surface area contributed by atoms with Crippen molar-refractivity contribution in [2.45, 2.75) is 32.2 Å². The molecule has 2 aliphatic heterocycles. The zero-order chi connectivity index (χ0) is 24.6. The van der Waals surface area contributed by atoms with Crippen LogP contribution in [0.5, 0.6) is 5.75 Å². The number of carbonyl (C=O) groups is 2. The second-order valence-corrected chi connectivity index (χ2v) is 8.94. The molecule has 2 aromatic carbocycles. The third kappa shape index (κ3) is 5.92. The fraction of sp³-hybridized carbons (Fsp3) is 0.429. The summed E-state index contributed by atoms with van der Waals surface area (Å²) in [6.45, 7) is 6.67. The van der Waals surface area contributed by atoms with Crippen LogP contribution in [0.3, 0.4) is 0 Å². The Hall–Kier alpha value is -3.16. The maximum Gasteiger partial charge on any atom is 0.295 e. The molecule has 2 heterocycles. The maximum atomic E-state index is 13.2. The summed E-state index contributed by atoms with van der Waals surface area (Å²) in [6, 6.07) is 15.7. The number of carbonyl (C=O) groups excluding carboxylic acids is 2. The minimum Gasteiger partial charge on any atom is -0.507 e. The zero-order valence-corrected chi connectivity index (χ0v) is 20.3. The van der Waals surface area contributed by atoms with Gasteiger partial charge in [0.25, 0.3) is 11.7 Å². The fourth-order valence-corrected chi connectivity index (χ4v) is 4.60. The Morgan fingerprint density at radius 2 is 1.80 bits per heavy atom. The fourth-order valence-electron chi connectivity index (χ4n) is 4.60. The van der Waals surface area contributed by atoms with Gasteiger partial charge >= 0.3 is 0 Å². The molecule has 0 radical (unpaired) electrons. The van der Waals surface area contributed by atoms with E-state index in [0.29, 0.717) is 44.2 Å². The molecule has 0 bridgehead atoms. The third-order valence-electron chi connectivity index (χ3n) is 6.54. The molecule has 1 unspecified atom stereocenters. The van der Waals surface area contributed by atoms with E-state index in [9.17, 15) is 14.7 Å². The van der Waals surface area contributed by atoms with Crippen molar-refractivity contribution in [3.8, 4) is 5.75 Å². The third-order valence-corrected chi connectivity index (χ3v) is 6.54. The lowest BCUT2D eigenvalue weighted by atomic mass is 9.95. The van der Waals surface area contributed by atoms with Crippen molar-refractivity contribution < 1.29 is 24.2 Å². The van der Waals surface area contributed by atoms with Crippen LogP contribution in [0.1, 0.15) is 43.4 Å². The lowest BCUT2D eigenvalue weighted by Crippen LogP contribution is -2.42. The van der Waals surface area contributed by atoms with Gasteiger partial charge in [-0.15, -0.1) is 0 Å². The number of benzene rings is 2. The van der Waals surface area contributed by atoms with E-state index in [0.717, 1.165) is 37.9 Å². The van der Waals surface area contributed by atoms with Crippen LogP contribution in [0, 0.1) is 0 Å². The van der Waals surface area contributed by atoms with E-state index >= 15 is 0 Å². The van der Waals surface area contributed by atoms with Crippen molar-refractivity contribution in [2.75, 3.05) is 46.0 Å². The molecular weight excluding hydrogens is 444 g/mol. The minimum atomic E-state index is -0.685. The van der Waals surface area contributed by atoms with Crippen LogP contribution in [-0.2, 0) is 14.3 Å². The molecule has 0 spiro atoms. The summed E-state index contributed by atoms with van der Waals surface area (Å²) in [5.74, 6) is -0.711. The van der Waals surface area contributed by atoms with Gasteiger partial charge in [0.1, 0.15) is 11.5 Å². The highest BCUT2D eigenvalue weighted by molar-refractivity contribution is 6.46. The quantitative estimate of drug-likeness (QED) is 0.241. The molecule has 1 amide bonds. The van der Waals surface area contributed by atoms with E-state index in [2.05, 4.69) is 11.8 Å². The molecule has 0 saturated carbocycles. The number of amides is 1. The van der Waals surface area contributed by atoms with Crippen molar-refractivity contribution in [3.63, 3.8) is 0 Å². The van der Waals surface area contributed by atoms with Crippen molar-refractivity contribution in [2.24, 2.45) is 0 Å². The Kier molecular flexibility index (Phi) is 8.55. The lowest BCUT2D eigenvalue weighted by molar-refractivity contribution is -0.140. The van der Waals surface area contributed by atoms with Gasteiger partial charge in [0.05, 0.1) is 31.4 Å². The molecule has 2 saturated heterocycles. The van der Waals surface area contributed by atoms with Crippen molar-refractivity contribution in [1.82, 2.24) is 9.80 Å². The highest BCUT2D eigenvalue weighted by Crippen LogP contribution is 2.40. The molecule has 2 fully saturated rings. The van der Waals surface area contributed by atoms with Gasteiger partial charge in [-0.2, -0.15) is 0 Å². The number of rotatable bonds is 10. The zero-order valence-electron chi connectivity index (χ0n) is 20.3. The number of ether oxygens (including phenoxy) is 2. The van der Waals surface area contributed by atoms with Crippen molar-refractivity contribution in [1.29, 1.82) is 0 Å². The number of ketones is 1. The predicted molar refractivity (Wildman–Crippen MR) is 134 cm³/mol. The number of Topliss-reactive ketones (excluding diaryl/α,β-unsaturated/α-hetero) is 1. The highest BCUT2D eigenvalue weighted by Gasteiger charge is 2.46. The summed E-state index contributed by atoms with van der Waals surface area (Å²) in [4.78, 5) is 30.2. The molecule has 7 heteroatoms. The molecule has 4 rings (SSSR count). The summed E-state index contributed by atoms with van der Waals surface area (Å²) in [5, 5.41) is 11.2. The summed E-state index contributed by atoms with van der Waals surface area (Å²) >= 11 is 0. The van der Waals surface area contributed by atoms with Crippen LogP contribution < -0.4 is 4.74 Å². The first kappa shape index (κ1) is 24.9. The Morgan fingerprint density at radius 3 is 2.54 bits per heavy atom. The monoisotopic (exact) mass is 478 g/mol. The number of hydrogen-bond acceptors (Lipinski definition) is 6. The number of morpholine rings is 1. The van der Waals surface area contributed by atoms with E-state index in [-0.39, 0.29) is 11.3 Å². The van der Waals surface area contributed by atoms with E-state index in [4.69, 9.17) is 9.47 Å². The average Bonchev–Trinajstić information content (AvgIpc) is 3.16. The standard InChI is InChI=1S/C28H34N2O5/c1-2-3-7-17-35-23-12-8-11-22(20-23)25-24(26(31)21-9-5-4-6-10-21)27(32)28(33)30(25)14-13-29-15-18-34-19-16-29/h4-6,8-12,20,25,31H,2-3,7,13-19H2,1H3/b26-24+. The summed E-state index contributed by atoms with van der Waals surface area (Å²) in [7, 11) is 0. The topological polar surface area (TPSA) is 79.3 Å². The van der Waals surface area contributed by atoms with E-state index in [1.807, 2.05) is 30.3 Å². The van der Waals surface area contributed by atoms with Gasteiger partial charge in [-0.05, 0) is 24.1 Å². The number of aliphatic hydroxyl groups is 1. The van der Waals surface area contributed by atoms with Gasteiger partial charge in [-0.1, -0.05) is 62.2 Å². The van der Waals surface area contributed by atoms with Gasteiger partial charge in [0, 0.05) is 31.7 Å². The van der Waals surface area contributed by atoms with Gasteiger partial charge in [-0.25, -0.2) is 0 Å². The van der Waals surface area contributed by atoms with Gasteiger partial charge in [0.15, 0.2) is 0 Å². The SMILES string of the molecule is CCCCCOc1cccc(C2/C(=C(\O)c3ccccc3)C(=O)C(=O)N2CCN2CCOCC2)c1. The number of aliphatic hydroxyl groups excluding tert-OH is 1. The summed E-state index contributed by atoms with van der Waals surface area (Å²) in [5.41, 5.74) is 1.37. The molecule has 0 aromatic heterocycles. The number of nitrogens with zero attached hydrogens (tertiary/aromatic N) is 2. The molecule has 186 valence electrons. The van der Waals surface area contributed by atoms with E-state index in [1.165, 1.54) is 0 Å². The first-order chi connectivity index (χ1) is 17.1. The molecule has 1 atom stereocenters. The first-order valence-corrected chi connectivity index (χ1v) is 12.5. The normalized spacial score (nSPS) is 20.4. The largest absolute Gasteiger partial charge is 0.507 e. The maximum absolute atomic E-state index is 13.2. The van der Waals surface area contributed by atoms with E-state index in [1.54, 1.807) is 29.2 Å². The van der Waals surface area contributed by atoms with Crippen molar-refractivity contribution >= 4 is 17.4 Å². The molecule has 2 aliphatic rings. The van der Waals surface area contributed by atoms with Crippen LogP contribution in [0.2, 0.25) is 0 Å². The van der Waals surface area contributed by atoms with Gasteiger partial charge in [-0.3, -0.25) is 14.5 Å². The lowest BCUT2D eigenvalue weighted by Gasteiger charge is -2.31. The van der Waals surface area contributed by atoms with Crippen molar-refractivity contribution in [3.05, 3.63) is 71.3 Å². The number of unbranched alkanes of at least 4 members (excludes halogenated alkanes) is 2. The minimum absolute atomic E-state index is 0.117. The van der Waals surface area contributed by atoms with Gasteiger partial charge < -0.3 is 19.5 Å². The predicted octanol–water partition coefficient (Wildman–Crippen LogP) is 4.01. The first-order valence-electron chi connectivity index (χ1n) is 12.5. The summed E-state index contributed by atoms with van der Waals surface area (Å²) < 4.78 is 11.4. The molecule has 35 heavy (non-hydrogen) atoms. The van der Waals surface area contributed by atoms with Crippen LogP contribution in [0.25, 0.3) is 5.76 Å². The smallest absolute Gasteiger partial charge is 0.295 e. The molecule has 1 N–H and O–H groups in total. The second-order valence-electron chi connectivity index (χ2n) is 8.94.